The molecule has 0 atom stereocenters. The number of aromatic nitrogens is 8. The number of rotatable bonds is 9. The first-order valence-corrected chi connectivity index (χ1v) is 10.3. The molecule has 170 valence electrons. The first-order chi connectivity index (χ1) is 16.6. The maximum atomic E-state index is 8.97. The number of benzene rings is 1. The molecule has 34 heavy (non-hydrogen) atoms. The fourth-order valence-electron chi connectivity index (χ4n) is 3.10. The Morgan fingerprint density at radius 2 is 2.21 bits per heavy atom. The predicted molar refractivity (Wildman–Crippen MR) is 121 cm³/mol. The Morgan fingerprint density at radius 3 is 2.97 bits per heavy atom. The summed E-state index contributed by atoms with van der Waals surface area (Å²) in [6.07, 6.45) is 8.06. The SMILES string of the molecule is C=C/C(C#N)=C\C=C(/C)OCc1c(-c2nc(-c3cccc(Cn4cnnn4)c3)no2)cnn1C. The van der Waals surface area contributed by atoms with Crippen molar-refractivity contribution < 1.29 is 9.26 Å². The van der Waals surface area contributed by atoms with Crippen LogP contribution in [0.5, 0.6) is 0 Å². The van der Waals surface area contributed by atoms with Gasteiger partial charge in [0.25, 0.3) is 5.89 Å². The van der Waals surface area contributed by atoms with E-state index in [0.29, 0.717) is 35.2 Å². The minimum Gasteiger partial charge on any atom is -0.492 e. The fraction of sp³-hybridized carbons (Fsp3) is 0.174. The van der Waals surface area contributed by atoms with Crippen LogP contribution in [0, 0.1) is 11.3 Å². The van der Waals surface area contributed by atoms with Gasteiger partial charge in [0, 0.05) is 12.6 Å². The predicted octanol–water partition coefficient (Wildman–Crippen LogP) is 3.23. The second kappa shape index (κ2) is 10.2. The lowest BCUT2D eigenvalue weighted by Gasteiger charge is -2.07. The van der Waals surface area contributed by atoms with E-state index in [1.54, 1.807) is 41.0 Å². The Bertz CT molecular complexity index is 1390. The second-order valence-electron chi connectivity index (χ2n) is 7.26. The maximum Gasteiger partial charge on any atom is 0.261 e. The van der Waals surface area contributed by atoms with Gasteiger partial charge in [0.05, 0.1) is 41.4 Å². The summed E-state index contributed by atoms with van der Waals surface area (Å²) in [4.78, 5) is 4.57. The molecule has 0 fully saturated rings. The van der Waals surface area contributed by atoms with Gasteiger partial charge in [0.15, 0.2) is 0 Å². The molecule has 4 aromatic rings. The highest BCUT2D eigenvalue weighted by Crippen LogP contribution is 2.26. The molecule has 0 aliphatic carbocycles. The summed E-state index contributed by atoms with van der Waals surface area (Å²) in [5, 5.41) is 28.6. The lowest BCUT2D eigenvalue weighted by atomic mass is 10.1. The standard InChI is InChI=1S/C23H21N9O2/c1-4-17(11-24)9-8-16(2)33-14-21-20(12-26-31(21)3)23-27-22(28-34-23)19-7-5-6-18(10-19)13-32-15-25-29-30-32/h4-10,12,15H,1,13-14H2,2-3H3/b16-8+,17-9+. The van der Waals surface area contributed by atoms with Crippen molar-refractivity contribution in [3.05, 3.63) is 84.2 Å². The van der Waals surface area contributed by atoms with Gasteiger partial charge in [0.2, 0.25) is 5.82 Å². The molecule has 0 N–H and O–H groups in total. The van der Waals surface area contributed by atoms with E-state index in [1.165, 1.54) is 6.08 Å². The average molecular weight is 455 g/mol. The molecule has 0 bridgehead atoms. The van der Waals surface area contributed by atoms with Crippen LogP contribution in [0.15, 0.2) is 77.5 Å². The third kappa shape index (κ3) is 5.13. The van der Waals surface area contributed by atoms with Crippen molar-refractivity contribution >= 4 is 0 Å². The van der Waals surface area contributed by atoms with Gasteiger partial charge in [-0.15, -0.1) is 5.10 Å². The van der Waals surface area contributed by atoms with Crippen molar-refractivity contribution in [1.82, 2.24) is 40.1 Å². The van der Waals surface area contributed by atoms with E-state index in [2.05, 4.69) is 37.3 Å². The first kappa shape index (κ1) is 22.3. The lowest BCUT2D eigenvalue weighted by Crippen LogP contribution is -2.02. The molecule has 0 amide bonds. The quantitative estimate of drug-likeness (QED) is 0.212. The zero-order valence-corrected chi connectivity index (χ0v) is 18.7. The fourth-order valence-corrected chi connectivity index (χ4v) is 3.10. The van der Waals surface area contributed by atoms with Gasteiger partial charge in [-0.2, -0.15) is 15.3 Å². The van der Waals surface area contributed by atoms with E-state index < -0.39 is 0 Å². The average Bonchev–Trinajstić information content (AvgIpc) is 3.60. The van der Waals surface area contributed by atoms with E-state index in [9.17, 15) is 0 Å². The molecular weight excluding hydrogens is 434 g/mol. The molecule has 0 aliphatic rings. The summed E-state index contributed by atoms with van der Waals surface area (Å²) in [6, 6.07) is 9.80. The summed E-state index contributed by atoms with van der Waals surface area (Å²) in [5.74, 6) is 1.43. The zero-order chi connectivity index (χ0) is 23.9. The van der Waals surface area contributed by atoms with E-state index in [4.69, 9.17) is 14.5 Å². The van der Waals surface area contributed by atoms with Gasteiger partial charge >= 0.3 is 0 Å². The molecule has 0 radical (unpaired) electrons. The molecule has 0 unspecified atom stereocenters. The molecule has 0 spiro atoms. The lowest BCUT2D eigenvalue weighted by molar-refractivity contribution is 0.193. The van der Waals surface area contributed by atoms with Gasteiger partial charge in [-0.1, -0.05) is 36.0 Å². The second-order valence-corrected chi connectivity index (χ2v) is 7.26. The van der Waals surface area contributed by atoms with Crippen molar-refractivity contribution in [2.75, 3.05) is 0 Å². The Hall–Kier alpha value is -4.85. The minimum absolute atomic E-state index is 0.233. The van der Waals surface area contributed by atoms with Crippen LogP contribution < -0.4 is 0 Å². The highest BCUT2D eigenvalue weighted by atomic mass is 16.5. The number of nitrogens with zero attached hydrogens (tertiary/aromatic N) is 9. The summed E-state index contributed by atoms with van der Waals surface area (Å²) < 4.78 is 14.7. The van der Waals surface area contributed by atoms with E-state index in [-0.39, 0.29) is 6.61 Å². The Balaban J connectivity index is 1.51. The van der Waals surface area contributed by atoms with Gasteiger partial charge in [-0.05, 0) is 41.1 Å². The molecular formula is C23H21N9O2. The third-order valence-corrected chi connectivity index (χ3v) is 4.92. The van der Waals surface area contributed by atoms with Crippen LogP contribution in [-0.4, -0.2) is 40.1 Å². The zero-order valence-electron chi connectivity index (χ0n) is 18.7. The normalized spacial score (nSPS) is 11.9. The Morgan fingerprint density at radius 1 is 1.32 bits per heavy atom. The smallest absolute Gasteiger partial charge is 0.261 e. The van der Waals surface area contributed by atoms with Gasteiger partial charge < -0.3 is 9.26 Å². The first-order valence-electron chi connectivity index (χ1n) is 10.3. The molecule has 11 heteroatoms. The third-order valence-electron chi connectivity index (χ3n) is 4.92. The van der Waals surface area contributed by atoms with Crippen LogP contribution in [-0.2, 0) is 24.9 Å². The van der Waals surface area contributed by atoms with E-state index in [1.807, 2.05) is 37.4 Å². The Kier molecular flexibility index (Phi) is 6.69. The molecule has 3 aromatic heterocycles. The van der Waals surface area contributed by atoms with Gasteiger partial charge in [-0.25, -0.2) is 4.68 Å². The maximum absolute atomic E-state index is 8.97. The number of tetrazole rings is 1. The summed E-state index contributed by atoms with van der Waals surface area (Å²) in [7, 11) is 1.81. The van der Waals surface area contributed by atoms with Gasteiger partial charge in [-0.3, -0.25) is 4.68 Å². The van der Waals surface area contributed by atoms with Crippen molar-refractivity contribution in [1.29, 1.82) is 5.26 Å². The number of allylic oxidation sites excluding steroid dienone is 5. The molecule has 4 rings (SSSR count). The van der Waals surface area contributed by atoms with Crippen LogP contribution in [0.2, 0.25) is 0 Å². The van der Waals surface area contributed by atoms with Gasteiger partial charge in [0.1, 0.15) is 12.9 Å². The summed E-state index contributed by atoms with van der Waals surface area (Å²) in [5.41, 5.74) is 3.70. The number of aryl methyl sites for hydroxylation is 1. The Labute approximate surface area is 195 Å². The largest absolute Gasteiger partial charge is 0.492 e. The molecule has 3 heterocycles. The number of hydrogen-bond donors (Lipinski definition) is 0. The van der Waals surface area contributed by atoms with Crippen molar-refractivity contribution in [2.24, 2.45) is 7.05 Å². The number of ether oxygens (including phenoxy) is 1. The molecule has 0 aliphatic heterocycles. The number of hydrogen-bond acceptors (Lipinski definition) is 9. The highest BCUT2D eigenvalue weighted by Gasteiger charge is 2.18. The van der Waals surface area contributed by atoms with Crippen LogP contribution in [0.1, 0.15) is 18.2 Å². The van der Waals surface area contributed by atoms with Crippen LogP contribution in [0.25, 0.3) is 22.8 Å². The van der Waals surface area contributed by atoms with Crippen molar-refractivity contribution in [3.8, 4) is 28.9 Å². The highest BCUT2D eigenvalue weighted by molar-refractivity contribution is 5.61. The van der Waals surface area contributed by atoms with Crippen molar-refractivity contribution in [2.45, 2.75) is 20.1 Å². The molecule has 0 saturated heterocycles. The summed E-state index contributed by atoms with van der Waals surface area (Å²) >= 11 is 0. The van der Waals surface area contributed by atoms with Crippen LogP contribution in [0.4, 0.5) is 0 Å². The monoisotopic (exact) mass is 455 g/mol. The van der Waals surface area contributed by atoms with Crippen LogP contribution in [0.3, 0.4) is 0 Å². The minimum atomic E-state index is 0.233. The van der Waals surface area contributed by atoms with E-state index in [0.717, 1.165) is 16.8 Å². The molecule has 11 nitrogen and oxygen atoms in total. The topological polar surface area (TPSA) is 133 Å². The molecule has 0 saturated carbocycles. The van der Waals surface area contributed by atoms with Crippen LogP contribution >= 0.6 is 0 Å². The van der Waals surface area contributed by atoms with Crippen molar-refractivity contribution in [3.63, 3.8) is 0 Å². The molecule has 1 aromatic carbocycles. The summed E-state index contributed by atoms with van der Waals surface area (Å²) in [6.45, 7) is 6.16. The van der Waals surface area contributed by atoms with E-state index >= 15 is 0 Å². The number of nitriles is 1.